The number of hydrogen-bond acceptors (Lipinski definition) is 7. The second kappa shape index (κ2) is 12.3. The number of nitrogens with one attached hydrogen (secondary N) is 1. The molecule has 0 amide bonds. The molecule has 1 fully saturated rings. The van der Waals surface area contributed by atoms with Crippen molar-refractivity contribution in [2.75, 3.05) is 26.4 Å². The SMILES string of the molecule is CCCCOC[C@H]1O[C@@H](c2coc3c(=O)[nH]cnc23)[C@H](OCCCC)[C@@H]1OCCCC. The Morgan fingerprint density at radius 3 is 2.39 bits per heavy atom. The van der Waals surface area contributed by atoms with Crippen molar-refractivity contribution in [2.45, 2.75) is 83.7 Å². The van der Waals surface area contributed by atoms with Crippen LogP contribution in [0.4, 0.5) is 0 Å². The summed E-state index contributed by atoms with van der Waals surface area (Å²) in [6, 6.07) is 0. The zero-order valence-corrected chi connectivity index (χ0v) is 18.9. The van der Waals surface area contributed by atoms with E-state index in [4.69, 9.17) is 23.4 Å². The van der Waals surface area contributed by atoms with Crippen molar-refractivity contribution < 1.29 is 23.4 Å². The molecule has 4 atom stereocenters. The van der Waals surface area contributed by atoms with Crippen molar-refractivity contribution in [1.82, 2.24) is 9.97 Å². The van der Waals surface area contributed by atoms with E-state index in [1.807, 2.05) is 0 Å². The van der Waals surface area contributed by atoms with Crippen molar-refractivity contribution in [3.8, 4) is 0 Å². The van der Waals surface area contributed by atoms with E-state index in [2.05, 4.69) is 30.7 Å². The molecule has 1 N–H and O–H groups in total. The average Bonchev–Trinajstić information content (AvgIpc) is 3.34. The highest BCUT2D eigenvalue weighted by atomic mass is 16.6. The molecule has 3 rings (SSSR count). The average molecular weight is 437 g/mol. The minimum Gasteiger partial charge on any atom is -0.456 e. The van der Waals surface area contributed by atoms with Gasteiger partial charge in [-0.05, 0) is 19.3 Å². The van der Waals surface area contributed by atoms with Crippen molar-refractivity contribution in [3.05, 3.63) is 28.5 Å². The molecule has 174 valence electrons. The maximum atomic E-state index is 12.1. The molecule has 1 saturated heterocycles. The molecule has 0 aliphatic carbocycles. The predicted octanol–water partition coefficient (Wildman–Crippen LogP) is 4.14. The van der Waals surface area contributed by atoms with Crippen LogP contribution in [0.2, 0.25) is 0 Å². The molecular weight excluding hydrogens is 400 g/mol. The molecule has 0 radical (unpaired) electrons. The maximum absolute atomic E-state index is 12.1. The molecule has 8 heteroatoms. The summed E-state index contributed by atoms with van der Waals surface area (Å²) in [6.07, 6.45) is 7.72. The van der Waals surface area contributed by atoms with Gasteiger partial charge in [-0.1, -0.05) is 40.0 Å². The Bertz CT molecular complexity index is 835. The van der Waals surface area contributed by atoms with Crippen LogP contribution in [0.15, 0.2) is 21.8 Å². The van der Waals surface area contributed by atoms with Crippen molar-refractivity contribution in [2.24, 2.45) is 0 Å². The molecule has 0 saturated carbocycles. The molecule has 0 bridgehead atoms. The Hall–Kier alpha value is -1.74. The fourth-order valence-corrected chi connectivity index (χ4v) is 3.75. The van der Waals surface area contributed by atoms with Crippen molar-refractivity contribution >= 4 is 11.1 Å². The van der Waals surface area contributed by atoms with Gasteiger partial charge in [0.05, 0.1) is 19.2 Å². The number of furan rings is 1. The summed E-state index contributed by atoms with van der Waals surface area (Å²) in [5.41, 5.74) is 1.09. The van der Waals surface area contributed by atoms with Crippen LogP contribution in [0.1, 0.15) is 71.0 Å². The first-order chi connectivity index (χ1) is 15.2. The van der Waals surface area contributed by atoms with Gasteiger partial charge in [-0.3, -0.25) is 4.79 Å². The van der Waals surface area contributed by atoms with Crippen LogP contribution in [0.3, 0.4) is 0 Å². The van der Waals surface area contributed by atoms with Gasteiger partial charge in [0.25, 0.3) is 5.56 Å². The number of rotatable bonds is 14. The normalized spacial score (nSPS) is 23.7. The summed E-state index contributed by atoms with van der Waals surface area (Å²) >= 11 is 0. The van der Waals surface area contributed by atoms with Crippen LogP contribution in [0.5, 0.6) is 0 Å². The van der Waals surface area contributed by atoms with Gasteiger partial charge in [-0.2, -0.15) is 0 Å². The number of H-pyrrole nitrogens is 1. The Morgan fingerprint density at radius 1 is 1.00 bits per heavy atom. The molecule has 2 aromatic rings. The number of fused-ring (bicyclic) bond motifs is 1. The summed E-state index contributed by atoms with van der Waals surface area (Å²) in [7, 11) is 0. The number of hydrogen-bond donors (Lipinski definition) is 1. The van der Waals surface area contributed by atoms with Crippen LogP contribution < -0.4 is 5.56 Å². The standard InChI is InChI=1S/C23H36N2O6/c1-4-7-10-27-14-17-20(28-11-8-5-2)22(29-12-9-6-3)19(31-17)16-13-30-21-18(16)24-15-25-23(21)26/h13,15,17,19-20,22H,4-12,14H2,1-3H3,(H,24,25,26)/t17-,19+,20-,22+/m1/s1. The van der Waals surface area contributed by atoms with Gasteiger partial charge in [-0.15, -0.1) is 0 Å². The summed E-state index contributed by atoms with van der Waals surface area (Å²) in [4.78, 5) is 19.0. The predicted molar refractivity (Wildman–Crippen MR) is 117 cm³/mol. The smallest absolute Gasteiger partial charge is 0.294 e. The number of unbranched alkanes of at least 4 members (excludes halogenated alkanes) is 3. The second-order valence-corrected chi connectivity index (χ2v) is 8.00. The van der Waals surface area contributed by atoms with E-state index in [1.54, 1.807) is 6.26 Å². The summed E-state index contributed by atoms with van der Waals surface area (Å²) in [5.74, 6) is 0. The first-order valence-corrected chi connectivity index (χ1v) is 11.6. The van der Waals surface area contributed by atoms with Crippen LogP contribution in [-0.2, 0) is 18.9 Å². The third-order valence-electron chi connectivity index (χ3n) is 5.55. The molecule has 1 aliphatic rings. The van der Waals surface area contributed by atoms with E-state index in [-0.39, 0.29) is 29.5 Å². The Labute approximate surface area is 183 Å². The second-order valence-electron chi connectivity index (χ2n) is 8.00. The van der Waals surface area contributed by atoms with E-state index < -0.39 is 6.10 Å². The highest BCUT2D eigenvalue weighted by Crippen LogP contribution is 2.40. The molecule has 0 unspecified atom stereocenters. The van der Waals surface area contributed by atoms with Crippen LogP contribution in [0, 0.1) is 0 Å². The van der Waals surface area contributed by atoms with Crippen molar-refractivity contribution in [1.29, 1.82) is 0 Å². The van der Waals surface area contributed by atoms with E-state index in [9.17, 15) is 4.79 Å². The molecule has 0 spiro atoms. The maximum Gasteiger partial charge on any atom is 0.294 e. The lowest BCUT2D eigenvalue weighted by Crippen LogP contribution is -2.38. The number of aromatic nitrogens is 2. The molecule has 31 heavy (non-hydrogen) atoms. The summed E-state index contributed by atoms with van der Waals surface area (Å²) < 4.78 is 30.4. The van der Waals surface area contributed by atoms with Crippen LogP contribution >= 0.6 is 0 Å². The van der Waals surface area contributed by atoms with Gasteiger partial charge >= 0.3 is 0 Å². The molecular formula is C23H36N2O6. The first kappa shape index (κ1) is 23.9. The summed E-state index contributed by atoms with van der Waals surface area (Å²) in [5, 5.41) is 0. The van der Waals surface area contributed by atoms with Crippen molar-refractivity contribution in [3.63, 3.8) is 0 Å². The van der Waals surface area contributed by atoms with E-state index in [0.717, 1.165) is 38.5 Å². The monoisotopic (exact) mass is 436 g/mol. The van der Waals surface area contributed by atoms with Crippen LogP contribution in [-0.4, -0.2) is 54.7 Å². The molecule has 3 heterocycles. The van der Waals surface area contributed by atoms with E-state index >= 15 is 0 Å². The van der Waals surface area contributed by atoms with Gasteiger partial charge in [0.15, 0.2) is 0 Å². The number of ether oxygens (including phenoxy) is 4. The van der Waals surface area contributed by atoms with Gasteiger partial charge < -0.3 is 28.3 Å². The molecule has 0 aromatic carbocycles. The van der Waals surface area contributed by atoms with E-state index in [0.29, 0.717) is 37.5 Å². The van der Waals surface area contributed by atoms with Crippen LogP contribution in [0.25, 0.3) is 11.1 Å². The van der Waals surface area contributed by atoms with E-state index in [1.165, 1.54) is 6.33 Å². The number of aromatic amines is 1. The zero-order chi connectivity index (χ0) is 22.1. The molecule has 1 aliphatic heterocycles. The highest BCUT2D eigenvalue weighted by molar-refractivity contribution is 5.75. The van der Waals surface area contributed by atoms with Gasteiger partial charge in [0.1, 0.15) is 29.9 Å². The van der Waals surface area contributed by atoms with Gasteiger partial charge in [0, 0.05) is 25.4 Å². The molecule has 8 nitrogen and oxygen atoms in total. The zero-order valence-electron chi connectivity index (χ0n) is 18.9. The first-order valence-electron chi connectivity index (χ1n) is 11.6. The lowest BCUT2D eigenvalue weighted by Gasteiger charge is -2.25. The Morgan fingerprint density at radius 2 is 1.68 bits per heavy atom. The topological polar surface area (TPSA) is 95.8 Å². The Balaban J connectivity index is 1.86. The third-order valence-corrected chi connectivity index (χ3v) is 5.55. The third kappa shape index (κ3) is 5.94. The lowest BCUT2D eigenvalue weighted by atomic mass is 10.0. The quantitative estimate of drug-likeness (QED) is 0.445. The Kier molecular flexibility index (Phi) is 9.52. The largest absolute Gasteiger partial charge is 0.456 e. The fourth-order valence-electron chi connectivity index (χ4n) is 3.75. The number of nitrogens with zero attached hydrogens (tertiary/aromatic N) is 1. The minimum absolute atomic E-state index is 0.194. The van der Waals surface area contributed by atoms with Gasteiger partial charge in [-0.25, -0.2) is 4.98 Å². The summed E-state index contributed by atoms with van der Waals surface area (Å²) in [6.45, 7) is 8.78. The lowest BCUT2D eigenvalue weighted by molar-refractivity contribution is -0.0795. The fraction of sp³-hybridized carbons (Fsp3) is 0.739. The highest BCUT2D eigenvalue weighted by Gasteiger charge is 2.48. The minimum atomic E-state index is -0.446. The molecule has 2 aromatic heterocycles. The van der Waals surface area contributed by atoms with Gasteiger partial charge in [0.2, 0.25) is 5.58 Å².